The molecule has 0 aliphatic heterocycles. The van der Waals surface area contributed by atoms with E-state index in [1.807, 2.05) is 12.1 Å². The second kappa shape index (κ2) is 22.9. The highest BCUT2D eigenvalue weighted by molar-refractivity contribution is 5.71. The average molecular weight is 444 g/mol. The van der Waals surface area contributed by atoms with Gasteiger partial charge in [-0.2, -0.15) is 0 Å². The zero-order valence-corrected chi connectivity index (χ0v) is 21.4. The first kappa shape index (κ1) is 28.7. The molecule has 0 saturated heterocycles. The molecule has 0 radical (unpaired) electrons. The molecule has 1 aromatic heterocycles. The lowest BCUT2D eigenvalue weighted by molar-refractivity contribution is 0.111. The number of unbranched alkanes of at least 4 members (excludes halogenated alkanes) is 19. The highest BCUT2D eigenvalue weighted by Crippen LogP contribution is 2.14. The lowest BCUT2D eigenvalue weighted by Crippen LogP contribution is -1.88. The molecule has 0 amide bonds. The van der Waals surface area contributed by atoms with E-state index < -0.39 is 0 Å². The van der Waals surface area contributed by atoms with Crippen LogP contribution >= 0.6 is 0 Å². The third-order valence-corrected chi connectivity index (χ3v) is 6.60. The SMILES string of the molecule is CCCCCCCC/C=C\CCCCCCCCCCCCCCCc1ccc(C=O)[nH]1. The van der Waals surface area contributed by atoms with E-state index in [-0.39, 0.29) is 0 Å². The van der Waals surface area contributed by atoms with Crippen LogP contribution in [-0.4, -0.2) is 11.3 Å². The molecule has 0 aliphatic carbocycles. The molecule has 1 aromatic rings. The predicted octanol–water partition coefficient (Wildman–Crippen LogP) is 10.1. The van der Waals surface area contributed by atoms with Gasteiger partial charge in [-0.1, -0.05) is 122 Å². The number of H-pyrrole nitrogens is 1. The molecule has 2 nitrogen and oxygen atoms in total. The fraction of sp³-hybridized carbons (Fsp3) is 0.767. The zero-order valence-electron chi connectivity index (χ0n) is 21.4. The topological polar surface area (TPSA) is 32.9 Å². The van der Waals surface area contributed by atoms with Gasteiger partial charge in [0.1, 0.15) is 0 Å². The molecule has 184 valence electrons. The van der Waals surface area contributed by atoms with Crippen molar-refractivity contribution in [2.75, 3.05) is 0 Å². The third-order valence-electron chi connectivity index (χ3n) is 6.60. The highest BCUT2D eigenvalue weighted by atomic mass is 16.1. The molecular formula is C30H53NO. The van der Waals surface area contributed by atoms with E-state index in [2.05, 4.69) is 24.1 Å². The number of nitrogens with one attached hydrogen (secondary N) is 1. The summed E-state index contributed by atoms with van der Waals surface area (Å²) in [6, 6.07) is 3.91. The van der Waals surface area contributed by atoms with Crippen molar-refractivity contribution in [3.05, 3.63) is 35.7 Å². The summed E-state index contributed by atoms with van der Waals surface area (Å²) in [7, 11) is 0. The number of hydrogen-bond donors (Lipinski definition) is 1. The minimum Gasteiger partial charge on any atom is -0.356 e. The molecule has 1 rings (SSSR count). The number of aromatic nitrogens is 1. The van der Waals surface area contributed by atoms with Crippen molar-refractivity contribution in [1.29, 1.82) is 0 Å². The van der Waals surface area contributed by atoms with Crippen LogP contribution in [0.2, 0.25) is 0 Å². The maximum atomic E-state index is 10.7. The van der Waals surface area contributed by atoms with Crippen LogP contribution in [0, 0.1) is 0 Å². The number of carbonyl (C=O) groups is 1. The van der Waals surface area contributed by atoms with Crippen molar-refractivity contribution in [2.24, 2.45) is 0 Å². The Morgan fingerprint density at radius 3 is 1.47 bits per heavy atom. The van der Waals surface area contributed by atoms with Crippen LogP contribution in [0.25, 0.3) is 0 Å². The molecule has 32 heavy (non-hydrogen) atoms. The lowest BCUT2D eigenvalue weighted by atomic mass is 10.0. The standard InChI is InChI=1S/C30H53NO/c1-2-3-4-5-6-7-8-9-10-11-12-13-14-15-16-17-18-19-20-21-22-23-24-25-29-26-27-30(28-32)31-29/h9-10,26-28,31H,2-8,11-25H2,1H3/b10-9-. The van der Waals surface area contributed by atoms with Crippen LogP contribution in [0.1, 0.15) is 158 Å². The molecular weight excluding hydrogens is 390 g/mol. The van der Waals surface area contributed by atoms with Gasteiger partial charge in [0.15, 0.2) is 6.29 Å². The van der Waals surface area contributed by atoms with Gasteiger partial charge >= 0.3 is 0 Å². The molecule has 0 atom stereocenters. The Bertz CT molecular complexity index is 545. The Balaban J connectivity index is 1.70. The van der Waals surface area contributed by atoms with Crippen LogP contribution < -0.4 is 0 Å². The van der Waals surface area contributed by atoms with Crippen LogP contribution in [0.15, 0.2) is 24.3 Å². The molecule has 0 unspecified atom stereocenters. The summed E-state index contributed by atoms with van der Waals surface area (Å²) in [4.78, 5) is 13.8. The Morgan fingerprint density at radius 1 is 0.594 bits per heavy atom. The number of rotatable bonds is 24. The van der Waals surface area contributed by atoms with E-state index in [4.69, 9.17) is 0 Å². The molecule has 0 spiro atoms. The van der Waals surface area contributed by atoms with Crippen molar-refractivity contribution in [3.63, 3.8) is 0 Å². The van der Waals surface area contributed by atoms with E-state index in [9.17, 15) is 4.79 Å². The molecule has 0 fully saturated rings. The van der Waals surface area contributed by atoms with Gasteiger partial charge in [-0.3, -0.25) is 4.79 Å². The number of aryl methyl sites for hydroxylation is 1. The summed E-state index contributed by atoms with van der Waals surface area (Å²) in [6.07, 6.45) is 35.9. The first-order valence-electron chi connectivity index (χ1n) is 14.1. The molecule has 0 bridgehead atoms. The van der Waals surface area contributed by atoms with Crippen LogP contribution in [0.5, 0.6) is 0 Å². The highest BCUT2D eigenvalue weighted by Gasteiger charge is 1.98. The van der Waals surface area contributed by atoms with E-state index in [0.29, 0.717) is 5.69 Å². The summed E-state index contributed by atoms with van der Waals surface area (Å²) < 4.78 is 0. The number of aromatic amines is 1. The Hall–Kier alpha value is -1.31. The van der Waals surface area contributed by atoms with Crippen LogP contribution in [0.3, 0.4) is 0 Å². The quantitative estimate of drug-likeness (QED) is 0.0961. The lowest BCUT2D eigenvalue weighted by Gasteiger charge is -2.03. The molecule has 2 heteroatoms. The fourth-order valence-electron chi connectivity index (χ4n) is 4.47. The van der Waals surface area contributed by atoms with Crippen molar-refractivity contribution in [1.82, 2.24) is 4.98 Å². The Kier molecular flexibility index (Phi) is 20.5. The second-order valence-corrected chi connectivity index (χ2v) is 9.72. The van der Waals surface area contributed by atoms with Gasteiger partial charge in [0, 0.05) is 5.69 Å². The predicted molar refractivity (Wildman–Crippen MR) is 142 cm³/mol. The van der Waals surface area contributed by atoms with Crippen molar-refractivity contribution >= 4 is 6.29 Å². The minimum atomic E-state index is 0.700. The number of aldehydes is 1. The average Bonchev–Trinajstić information content (AvgIpc) is 3.27. The number of carbonyl (C=O) groups excluding carboxylic acids is 1. The second-order valence-electron chi connectivity index (χ2n) is 9.72. The summed E-state index contributed by atoms with van der Waals surface area (Å²) in [6.45, 7) is 2.29. The smallest absolute Gasteiger partial charge is 0.166 e. The van der Waals surface area contributed by atoms with Gasteiger partial charge in [0.05, 0.1) is 5.69 Å². The summed E-state index contributed by atoms with van der Waals surface area (Å²) >= 11 is 0. The zero-order chi connectivity index (χ0) is 23.0. The summed E-state index contributed by atoms with van der Waals surface area (Å²) in [5, 5.41) is 0. The fourth-order valence-corrected chi connectivity index (χ4v) is 4.47. The van der Waals surface area contributed by atoms with Gasteiger partial charge in [0.2, 0.25) is 0 Å². The van der Waals surface area contributed by atoms with E-state index in [0.717, 1.165) is 12.7 Å². The third kappa shape index (κ3) is 18.3. The minimum absolute atomic E-state index is 0.700. The van der Waals surface area contributed by atoms with Crippen LogP contribution in [0.4, 0.5) is 0 Å². The van der Waals surface area contributed by atoms with Gasteiger partial charge in [-0.05, 0) is 50.7 Å². The Labute approximate surface area is 200 Å². The molecule has 0 aliphatic rings. The Morgan fingerprint density at radius 2 is 1.03 bits per heavy atom. The van der Waals surface area contributed by atoms with Gasteiger partial charge in [-0.15, -0.1) is 0 Å². The van der Waals surface area contributed by atoms with E-state index in [1.54, 1.807) is 0 Å². The van der Waals surface area contributed by atoms with E-state index in [1.165, 1.54) is 141 Å². The van der Waals surface area contributed by atoms with Crippen molar-refractivity contribution < 1.29 is 4.79 Å². The van der Waals surface area contributed by atoms with E-state index >= 15 is 0 Å². The maximum Gasteiger partial charge on any atom is 0.166 e. The van der Waals surface area contributed by atoms with Gasteiger partial charge < -0.3 is 4.98 Å². The largest absolute Gasteiger partial charge is 0.356 e. The van der Waals surface area contributed by atoms with Crippen LogP contribution in [-0.2, 0) is 6.42 Å². The first-order valence-corrected chi connectivity index (χ1v) is 14.1. The maximum absolute atomic E-state index is 10.7. The van der Waals surface area contributed by atoms with Crippen molar-refractivity contribution in [2.45, 2.75) is 148 Å². The molecule has 1 N–H and O–H groups in total. The molecule has 0 aromatic carbocycles. The monoisotopic (exact) mass is 443 g/mol. The van der Waals surface area contributed by atoms with Gasteiger partial charge in [-0.25, -0.2) is 0 Å². The number of hydrogen-bond acceptors (Lipinski definition) is 1. The van der Waals surface area contributed by atoms with Crippen molar-refractivity contribution in [3.8, 4) is 0 Å². The number of allylic oxidation sites excluding steroid dienone is 2. The normalized spacial score (nSPS) is 11.5. The summed E-state index contributed by atoms with van der Waals surface area (Å²) in [5.74, 6) is 0. The molecule has 0 saturated carbocycles. The first-order chi connectivity index (χ1) is 15.9. The molecule has 1 heterocycles. The summed E-state index contributed by atoms with van der Waals surface area (Å²) in [5.41, 5.74) is 1.90. The van der Waals surface area contributed by atoms with Gasteiger partial charge in [0.25, 0.3) is 0 Å².